The van der Waals surface area contributed by atoms with E-state index in [0.29, 0.717) is 5.92 Å². The summed E-state index contributed by atoms with van der Waals surface area (Å²) in [4.78, 5) is 1.62. The molecule has 0 radical (unpaired) electrons. The standard InChI is InChI=1S/C11H13N3/c1-9(2)10-3-5-11(6-4-10)14-12-7-8-13-14/h3-9H,1-2H3. The summed E-state index contributed by atoms with van der Waals surface area (Å²) in [5.74, 6) is 0.564. The van der Waals surface area contributed by atoms with Crippen LogP contribution in [0, 0.1) is 0 Å². The van der Waals surface area contributed by atoms with E-state index in [1.54, 1.807) is 17.2 Å². The second kappa shape index (κ2) is 3.62. The first-order valence-corrected chi connectivity index (χ1v) is 4.74. The van der Waals surface area contributed by atoms with Crippen molar-refractivity contribution in [2.45, 2.75) is 19.8 Å². The van der Waals surface area contributed by atoms with Crippen molar-refractivity contribution in [2.75, 3.05) is 0 Å². The van der Waals surface area contributed by atoms with Gasteiger partial charge in [-0.2, -0.15) is 15.0 Å². The van der Waals surface area contributed by atoms with E-state index in [-0.39, 0.29) is 0 Å². The Morgan fingerprint density at radius 3 is 2.07 bits per heavy atom. The lowest BCUT2D eigenvalue weighted by Crippen LogP contribution is -1.98. The maximum atomic E-state index is 4.07. The summed E-state index contributed by atoms with van der Waals surface area (Å²) < 4.78 is 0. The molecule has 0 N–H and O–H groups in total. The van der Waals surface area contributed by atoms with Crippen molar-refractivity contribution in [3.05, 3.63) is 42.2 Å². The fourth-order valence-electron chi connectivity index (χ4n) is 1.34. The molecule has 0 atom stereocenters. The number of benzene rings is 1. The number of hydrogen-bond acceptors (Lipinski definition) is 2. The molecule has 0 saturated heterocycles. The smallest absolute Gasteiger partial charge is 0.0856 e. The molecule has 1 heterocycles. The molecule has 0 aliphatic heterocycles. The molecule has 3 nitrogen and oxygen atoms in total. The molecule has 0 unspecified atom stereocenters. The zero-order valence-electron chi connectivity index (χ0n) is 8.38. The van der Waals surface area contributed by atoms with Gasteiger partial charge < -0.3 is 0 Å². The Morgan fingerprint density at radius 1 is 1.00 bits per heavy atom. The van der Waals surface area contributed by atoms with Gasteiger partial charge in [-0.15, -0.1) is 0 Å². The van der Waals surface area contributed by atoms with Crippen molar-refractivity contribution in [3.63, 3.8) is 0 Å². The number of aromatic nitrogens is 3. The van der Waals surface area contributed by atoms with Crippen LogP contribution in [0.3, 0.4) is 0 Å². The zero-order valence-corrected chi connectivity index (χ0v) is 8.38. The van der Waals surface area contributed by atoms with Gasteiger partial charge >= 0.3 is 0 Å². The van der Waals surface area contributed by atoms with Crippen molar-refractivity contribution in [1.82, 2.24) is 15.0 Å². The van der Waals surface area contributed by atoms with Crippen LogP contribution in [0.15, 0.2) is 36.7 Å². The minimum absolute atomic E-state index is 0.564. The van der Waals surface area contributed by atoms with E-state index < -0.39 is 0 Å². The second-order valence-electron chi connectivity index (χ2n) is 3.56. The van der Waals surface area contributed by atoms with E-state index in [2.05, 4.69) is 36.2 Å². The molecule has 0 aliphatic carbocycles. The summed E-state index contributed by atoms with van der Waals surface area (Å²) in [5, 5.41) is 8.13. The van der Waals surface area contributed by atoms with Crippen LogP contribution in [0.1, 0.15) is 25.3 Å². The van der Waals surface area contributed by atoms with Gasteiger partial charge in [0.25, 0.3) is 0 Å². The Kier molecular flexibility index (Phi) is 2.31. The van der Waals surface area contributed by atoms with Crippen LogP contribution < -0.4 is 0 Å². The van der Waals surface area contributed by atoms with Crippen molar-refractivity contribution in [2.24, 2.45) is 0 Å². The molecule has 0 amide bonds. The third kappa shape index (κ3) is 1.66. The average molecular weight is 187 g/mol. The van der Waals surface area contributed by atoms with Gasteiger partial charge in [0.2, 0.25) is 0 Å². The molecular formula is C11H13N3. The lowest BCUT2D eigenvalue weighted by Gasteiger charge is -2.05. The van der Waals surface area contributed by atoms with Gasteiger partial charge in [0.05, 0.1) is 18.1 Å². The minimum atomic E-state index is 0.564. The lowest BCUT2D eigenvalue weighted by molar-refractivity contribution is 0.750. The summed E-state index contributed by atoms with van der Waals surface area (Å²) in [6.45, 7) is 4.36. The van der Waals surface area contributed by atoms with E-state index in [1.807, 2.05) is 12.1 Å². The van der Waals surface area contributed by atoms with Gasteiger partial charge in [0, 0.05) is 0 Å². The molecule has 2 aromatic rings. The molecule has 14 heavy (non-hydrogen) atoms. The maximum Gasteiger partial charge on any atom is 0.0856 e. The first-order valence-electron chi connectivity index (χ1n) is 4.74. The zero-order chi connectivity index (χ0) is 9.97. The summed E-state index contributed by atoms with van der Waals surface area (Å²) in [6, 6.07) is 8.30. The molecule has 72 valence electrons. The third-order valence-electron chi connectivity index (χ3n) is 2.21. The predicted molar refractivity (Wildman–Crippen MR) is 55.4 cm³/mol. The Hall–Kier alpha value is -1.64. The Morgan fingerprint density at radius 2 is 1.57 bits per heavy atom. The monoisotopic (exact) mass is 187 g/mol. The highest BCUT2D eigenvalue weighted by Gasteiger charge is 2.00. The SMILES string of the molecule is CC(C)c1ccc(-n2nccn2)cc1. The van der Waals surface area contributed by atoms with E-state index in [0.717, 1.165) is 5.69 Å². The normalized spacial score (nSPS) is 10.8. The van der Waals surface area contributed by atoms with Crippen LogP contribution in [0.4, 0.5) is 0 Å². The summed E-state index contributed by atoms with van der Waals surface area (Å²) in [6.07, 6.45) is 3.35. The summed E-state index contributed by atoms with van der Waals surface area (Å²) in [7, 11) is 0. The highest BCUT2D eigenvalue weighted by Crippen LogP contribution is 2.15. The molecule has 3 heteroatoms. The van der Waals surface area contributed by atoms with Gasteiger partial charge in [0.15, 0.2) is 0 Å². The van der Waals surface area contributed by atoms with Crippen molar-refractivity contribution < 1.29 is 0 Å². The predicted octanol–water partition coefficient (Wildman–Crippen LogP) is 2.39. The fourth-order valence-corrected chi connectivity index (χ4v) is 1.34. The first kappa shape index (κ1) is 8.94. The van der Waals surface area contributed by atoms with Gasteiger partial charge in [0.1, 0.15) is 0 Å². The van der Waals surface area contributed by atoms with Crippen LogP contribution in [-0.2, 0) is 0 Å². The van der Waals surface area contributed by atoms with E-state index >= 15 is 0 Å². The Bertz CT molecular complexity index is 387. The molecule has 2 rings (SSSR count). The molecule has 0 aliphatic rings. The number of nitrogens with zero attached hydrogens (tertiary/aromatic N) is 3. The third-order valence-corrected chi connectivity index (χ3v) is 2.21. The van der Waals surface area contributed by atoms with E-state index in [4.69, 9.17) is 0 Å². The quantitative estimate of drug-likeness (QED) is 0.722. The maximum absolute atomic E-state index is 4.07. The van der Waals surface area contributed by atoms with Crippen molar-refractivity contribution in [3.8, 4) is 5.69 Å². The van der Waals surface area contributed by atoms with Gasteiger partial charge in [-0.1, -0.05) is 26.0 Å². The van der Waals surface area contributed by atoms with Crippen LogP contribution in [-0.4, -0.2) is 15.0 Å². The van der Waals surface area contributed by atoms with Crippen LogP contribution >= 0.6 is 0 Å². The van der Waals surface area contributed by atoms with Crippen molar-refractivity contribution in [1.29, 1.82) is 0 Å². The number of rotatable bonds is 2. The van der Waals surface area contributed by atoms with E-state index in [1.165, 1.54) is 5.56 Å². The van der Waals surface area contributed by atoms with Crippen LogP contribution in [0.5, 0.6) is 0 Å². The first-order chi connectivity index (χ1) is 6.77. The lowest BCUT2D eigenvalue weighted by atomic mass is 10.0. The molecule has 0 saturated carbocycles. The van der Waals surface area contributed by atoms with E-state index in [9.17, 15) is 0 Å². The summed E-state index contributed by atoms with van der Waals surface area (Å²) >= 11 is 0. The van der Waals surface area contributed by atoms with Gasteiger partial charge in [-0.05, 0) is 23.6 Å². The molecule has 0 spiro atoms. The number of hydrogen-bond donors (Lipinski definition) is 0. The fraction of sp³-hybridized carbons (Fsp3) is 0.273. The Balaban J connectivity index is 2.31. The highest BCUT2D eigenvalue weighted by molar-refractivity contribution is 5.33. The Labute approximate surface area is 83.4 Å². The molecule has 0 fully saturated rings. The molecular weight excluding hydrogens is 174 g/mol. The van der Waals surface area contributed by atoms with Gasteiger partial charge in [-0.25, -0.2) is 0 Å². The van der Waals surface area contributed by atoms with Crippen LogP contribution in [0.25, 0.3) is 5.69 Å². The molecule has 1 aromatic heterocycles. The summed E-state index contributed by atoms with van der Waals surface area (Å²) in [5.41, 5.74) is 2.33. The molecule has 1 aromatic carbocycles. The molecule has 0 bridgehead atoms. The largest absolute Gasteiger partial charge is 0.157 e. The van der Waals surface area contributed by atoms with Crippen LogP contribution in [0.2, 0.25) is 0 Å². The average Bonchev–Trinajstić information content (AvgIpc) is 2.71. The van der Waals surface area contributed by atoms with Gasteiger partial charge in [-0.3, -0.25) is 0 Å². The second-order valence-corrected chi connectivity index (χ2v) is 3.56. The highest BCUT2D eigenvalue weighted by atomic mass is 15.5. The topological polar surface area (TPSA) is 30.7 Å². The minimum Gasteiger partial charge on any atom is -0.157 e. The van der Waals surface area contributed by atoms with Crippen molar-refractivity contribution >= 4 is 0 Å².